The summed E-state index contributed by atoms with van der Waals surface area (Å²) in [6.45, 7) is 4.55. The van der Waals surface area contributed by atoms with Crippen LogP contribution in [0.25, 0.3) is 0 Å². The van der Waals surface area contributed by atoms with Crippen molar-refractivity contribution < 1.29 is 5.21 Å². The van der Waals surface area contributed by atoms with Gasteiger partial charge in [0.1, 0.15) is 0 Å². The minimum absolute atomic E-state index is 0.456. The smallest absolute Gasteiger partial charge is 0.0775 e. The molecule has 3 atom stereocenters. The first-order chi connectivity index (χ1) is 7.79. The van der Waals surface area contributed by atoms with Crippen LogP contribution >= 0.6 is 0 Å². The Bertz CT molecular complexity index is 297. The Morgan fingerprint density at radius 3 is 2.62 bits per heavy atom. The summed E-state index contributed by atoms with van der Waals surface area (Å²) in [7, 11) is 2.18. The summed E-state index contributed by atoms with van der Waals surface area (Å²) < 4.78 is 0. The molecule has 0 spiro atoms. The first-order valence-corrected chi connectivity index (χ1v) is 6.44. The van der Waals surface area contributed by atoms with Crippen LogP contribution in [-0.4, -0.2) is 60.0 Å². The van der Waals surface area contributed by atoms with E-state index in [2.05, 4.69) is 22.0 Å². The third-order valence-electron chi connectivity index (χ3n) is 4.69. The molecule has 2 aliphatic carbocycles. The lowest BCUT2D eigenvalue weighted by atomic mass is 9.91. The van der Waals surface area contributed by atoms with Crippen molar-refractivity contribution in [3.63, 3.8) is 0 Å². The number of hydrogen-bond acceptors (Lipinski definition) is 4. The molecule has 90 valence electrons. The SMILES string of the molecule is CN1CCN(C2/C(=N\O)C3CCC2C3)CC1. The molecule has 1 aliphatic heterocycles. The Morgan fingerprint density at radius 1 is 1.19 bits per heavy atom. The van der Waals surface area contributed by atoms with Crippen LogP contribution in [0.15, 0.2) is 5.16 Å². The Labute approximate surface area is 96.9 Å². The van der Waals surface area contributed by atoms with Gasteiger partial charge in [0.15, 0.2) is 0 Å². The van der Waals surface area contributed by atoms with Gasteiger partial charge in [-0.1, -0.05) is 5.16 Å². The van der Waals surface area contributed by atoms with E-state index in [1.807, 2.05) is 0 Å². The summed E-state index contributed by atoms with van der Waals surface area (Å²) >= 11 is 0. The highest BCUT2D eigenvalue weighted by molar-refractivity contribution is 5.94. The summed E-state index contributed by atoms with van der Waals surface area (Å²) in [5, 5.41) is 12.8. The van der Waals surface area contributed by atoms with Crippen molar-refractivity contribution in [3.8, 4) is 0 Å². The molecule has 16 heavy (non-hydrogen) atoms. The molecular formula is C12H21N3O. The fourth-order valence-corrected chi connectivity index (χ4v) is 3.78. The van der Waals surface area contributed by atoms with Crippen LogP contribution in [0.3, 0.4) is 0 Å². The van der Waals surface area contributed by atoms with Crippen LogP contribution in [0.2, 0.25) is 0 Å². The van der Waals surface area contributed by atoms with Crippen molar-refractivity contribution in [2.45, 2.75) is 25.3 Å². The third-order valence-corrected chi connectivity index (χ3v) is 4.69. The maximum atomic E-state index is 9.19. The highest BCUT2D eigenvalue weighted by Crippen LogP contribution is 2.45. The van der Waals surface area contributed by atoms with Gasteiger partial charge in [0.25, 0.3) is 0 Å². The minimum atomic E-state index is 0.456. The Morgan fingerprint density at radius 2 is 1.94 bits per heavy atom. The van der Waals surface area contributed by atoms with Crippen molar-refractivity contribution in [3.05, 3.63) is 0 Å². The lowest BCUT2D eigenvalue weighted by Gasteiger charge is -2.39. The number of hydrogen-bond donors (Lipinski definition) is 1. The number of rotatable bonds is 1. The van der Waals surface area contributed by atoms with Gasteiger partial charge in [-0.25, -0.2) is 0 Å². The lowest BCUT2D eigenvalue weighted by molar-refractivity contribution is 0.114. The summed E-state index contributed by atoms with van der Waals surface area (Å²) in [6.07, 6.45) is 3.84. The molecule has 0 aromatic rings. The molecular weight excluding hydrogens is 202 g/mol. The van der Waals surface area contributed by atoms with E-state index in [-0.39, 0.29) is 0 Å². The third kappa shape index (κ3) is 1.55. The average Bonchev–Trinajstić information content (AvgIpc) is 2.89. The number of oxime groups is 1. The van der Waals surface area contributed by atoms with Crippen LogP contribution in [0, 0.1) is 11.8 Å². The molecule has 3 rings (SSSR count). The van der Waals surface area contributed by atoms with E-state index in [1.165, 1.54) is 19.3 Å². The molecule has 4 nitrogen and oxygen atoms in total. The van der Waals surface area contributed by atoms with Gasteiger partial charge in [0.2, 0.25) is 0 Å². The standard InChI is InChI=1S/C12H21N3O/c1-14-4-6-15(7-5-14)12-10-3-2-9(8-10)11(12)13-16/h9-10,12,16H,2-8H2,1H3/b13-11-. The van der Waals surface area contributed by atoms with Gasteiger partial charge in [-0.3, -0.25) is 4.90 Å². The van der Waals surface area contributed by atoms with Gasteiger partial charge in [-0.05, 0) is 32.2 Å². The second kappa shape index (κ2) is 4.00. The molecule has 2 bridgehead atoms. The normalized spacial score (nSPS) is 43.3. The molecule has 0 aromatic carbocycles. The zero-order valence-electron chi connectivity index (χ0n) is 9.97. The van der Waals surface area contributed by atoms with Crippen LogP contribution in [-0.2, 0) is 0 Å². The highest BCUT2D eigenvalue weighted by atomic mass is 16.4. The number of nitrogens with zero attached hydrogens (tertiary/aromatic N) is 3. The zero-order chi connectivity index (χ0) is 11.1. The van der Waals surface area contributed by atoms with Crippen molar-refractivity contribution >= 4 is 5.71 Å². The first-order valence-electron chi connectivity index (χ1n) is 6.44. The molecule has 3 aliphatic rings. The van der Waals surface area contributed by atoms with Gasteiger partial charge < -0.3 is 10.1 Å². The predicted octanol–water partition coefficient (Wildman–Crippen LogP) is 0.862. The summed E-state index contributed by atoms with van der Waals surface area (Å²) in [5.74, 6) is 1.35. The Balaban J connectivity index is 1.74. The number of piperazine rings is 1. The van der Waals surface area contributed by atoms with E-state index in [0.717, 1.165) is 37.8 Å². The van der Waals surface area contributed by atoms with Gasteiger partial charge in [0, 0.05) is 32.1 Å². The maximum Gasteiger partial charge on any atom is 0.0775 e. The van der Waals surface area contributed by atoms with E-state index >= 15 is 0 Å². The molecule has 1 heterocycles. The Kier molecular flexibility index (Phi) is 2.64. The second-order valence-corrected chi connectivity index (χ2v) is 5.58. The summed E-state index contributed by atoms with van der Waals surface area (Å²) in [4.78, 5) is 4.92. The van der Waals surface area contributed by atoms with Gasteiger partial charge in [-0.2, -0.15) is 0 Å². The van der Waals surface area contributed by atoms with E-state index in [1.54, 1.807) is 0 Å². The van der Waals surface area contributed by atoms with Crippen LogP contribution in [0.4, 0.5) is 0 Å². The molecule has 1 N–H and O–H groups in total. The van der Waals surface area contributed by atoms with Gasteiger partial charge in [0.05, 0.1) is 11.8 Å². The molecule has 4 heteroatoms. The fourth-order valence-electron chi connectivity index (χ4n) is 3.78. The summed E-state index contributed by atoms with van der Waals surface area (Å²) in [6, 6.07) is 0.456. The minimum Gasteiger partial charge on any atom is -0.411 e. The van der Waals surface area contributed by atoms with Crippen molar-refractivity contribution in [2.75, 3.05) is 33.2 Å². The topological polar surface area (TPSA) is 39.1 Å². The van der Waals surface area contributed by atoms with Crippen molar-refractivity contribution in [1.82, 2.24) is 9.80 Å². The molecule has 3 fully saturated rings. The van der Waals surface area contributed by atoms with E-state index in [9.17, 15) is 5.21 Å². The maximum absolute atomic E-state index is 9.19. The molecule has 0 radical (unpaired) electrons. The van der Waals surface area contributed by atoms with Crippen LogP contribution in [0.5, 0.6) is 0 Å². The lowest BCUT2D eigenvalue weighted by Crippen LogP contribution is -2.53. The largest absolute Gasteiger partial charge is 0.411 e. The molecule has 1 saturated heterocycles. The van der Waals surface area contributed by atoms with Crippen LogP contribution in [0.1, 0.15) is 19.3 Å². The van der Waals surface area contributed by atoms with Crippen LogP contribution < -0.4 is 0 Å². The molecule has 3 unspecified atom stereocenters. The first kappa shape index (κ1) is 10.5. The monoisotopic (exact) mass is 223 g/mol. The quantitative estimate of drug-likeness (QED) is 0.529. The van der Waals surface area contributed by atoms with E-state index < -0.39 is 0 Å². The Hall–Kier alpha value is -0.610. The second-order valence-electron chi connectivity index (χ2n) is 5.58. The predicted molar refractivity (Wildman–Crippen MR) is 62.9 cm³/mol. The van der Waals surface area contributed by atoms with Crippen molar-refractivity contribution in [2.24, 2.45) is 17.0 Å². The number of likely N-dealkylation sites (N-methyl/N-ethyl adjacent to an activating group) is 1. The van der Waals surface area contributed by atoms with E-state index in [0.29, 0.717) is 12.0 Å². The fraction of sp³-hybridized carbons (Fsp3) is 0.917. The highest BCUT2D eigenvalue weighted by Gasteiger charge is 2.48. The van der Waals surface area contributed by atoms with E-state index in [4.69, 9.17) is 0 Å². The van der Waals surface area contributed by atoms with Crippen molar-refractivity contribution in [1.29, 1.82) is 0 Å². The molecule has 0 amide bonds. The summed E-state index contributed by atoms with van der Waals surface area (Å²) in [5.41, 5.74) is 1.08. The zero-order valence-corrected chi connectivity index (χ0v) is 9.97. The molecule has 0 aromatic heterocycles. The van der Waals surface area contributed by atoms with Gasteiger partial charge in [-0.15, -0.1) is 0 Å². The average molecular weight is 223 g/mol. The van der Waals surface area contributed by atoms with Gasteiger partial charge >= 0.3 is 0 Å². The molecule has 2 saturated carbocycles. The number of fused-ring (bicyclic) bond motifs is 2.